The van der Waals surface area contributed by atoms with E-state index in [-0.39, 0.29) is 21.8 Å². The molecule has 0 fully saturated rings. The number of halogens is 1. The molecule has 8 heteroatoms. The van der Waals surface area contributed by atoms with Crippen molar-refractivity contribution in [2.45, 2.75) is 24.7 Å². The number of aromatic nitrogens is 3. The Morgan fingerprint density at radius 1 is 1.35 bits per heavy atom. The maximum atomic E-state index is 12.4. The Balaban J connectivity index is 2.44. The van der Waals surface area contributed by atoms with Crippen molar-refractivity contribution >= 4 is 27.6 Å². The molecule has 0 amide bonds. The first-order chi connectivity index (χ1) is 9.31. The van der Waals surface area contributed by atoms with E-state index in [4.69, 9.17) is 11.6 Å². The Morgan fingerprint density at radius 3 is 2.60 bits per heavy atom. The van der Waals surface area contributed by atoms with Crippen molar-refractivity contribution < 1.29 is 8.42 Å². The van der Waals surface area contributed by atoms with E-state index in [1.165, 1.54) is 11.0 Å². The van der Waals surface area contributed by atoms with Crippen LogP contribution in [0.25, 0.3) is 0 Å². The Bertz CT molecular complexity index is 725. The lowest BCUT2D eigenvalue weighted by Crippen LogP contribution is -2.17. The van der Waals surface area contributed by atoms with Crippen LogP contribution in [0.3, 0.4) is 0 Å². The average Bonchev–Trinajstić information content (AvgIpc) is 2.74. The largest absolute Gasteiger partial charge is 0.265 e. The van der Waals surface area contributed by atoms with Crippen molar-refractivity contribution in [3.63, 3.8) is 0 Å². The van der Waals surface area contributed by atoms with Gasteiger partial charge in [-0.3, -0.25) is 0 Å². The zero-order chi connectivity index (χ0) is 14.9. The van der Waals surface area contributed by atoms with Crippen molar-refractivity contribution in [2.75, 3.05) is 4.72 Å². The Hall–Kier alpha value is -1.60. The summed E-state index contributed by atoms with van der Waals surface area (Å²) in [4.78, 5) is 3.87. The third-order valence-electron chi connectivity index (χ3n) is 2.85. The van der Waals surface area contributed by atoms with Crippen LogP contribution in [0.5, 0.6) is 0 Å². The number of benzene rings is 1. The van der Waals surface area contributed by atoms with Crippen LogP contribution in [0.1, 0.15) is 25.3 Å². The molecule has 0 saturated heterocycles. The molecule has 2 aromatic rings. The second-order valence-electron chi connectivity index (χ2n) is 4.66. The lowest BCUT2D eigenvalue weighted by molar-refractivity contribution is 0.600. The molecule has 0 aliphatic rings. The minimum Gasteiger partial charge on any atom is -0.247 e. The van der Waals surface area contributed by atoms with Crippen molar-refractivity contribution in [3.8, 4) is 0 Å². The molecule has 1 N–H and O–H groups in total. The van der Waals surface area contributed by atoms with Gasteiger partial charge in [-0.15, -0.1) is 0 Å². The van der Waals surface area contributed by atoms with Crippen LogP contribution in [-0.2, 0) is 17.1 Å². The molecular formula is C12H15ClN4O2S. The molecule has 0 spiro atoms. The van der Waals surface area contributed by atoms with E-state index in [0.717, 1.165) is 5.56 Å². The van der Waals surface area contributed by atoms with Crippen LogP contribution in [0.2, 0.25) is 5.02 Å². The van der Waals surface area contributed by atoms with E-state index in [1.807, 2.05) is 19.9 Å². The summed E-state index contributed by atoms with van der Waals surface area (Å²) in [5.74, 6) is 0.340. The van der Waals surface area contributed by atoms with Gasteiger partial charge in [0.05, 0.1) is 5.02 Å². The normalized spacial score (nSPS) is 11.8. The van der Waals surface area contributed by atoms with E-state index in [9.17, 15) is 8.42 Å². The molecule has 0 aliphatic carbocycles. The molecule has 1 aromatic carbocycles. The lowest BCUT2D eigenvalue weighted by Gasteiger charge is -2.11. The molecule has 0 bridgehead atoms. The van der Waals surface area contributed by atoms with Crippen LogP contribution < -0.4 is 4.72 Å². The highest BCUT2D eigenvalue weighted by Gasteiger charge is 2.21. The minimum absolute atomic E-state index is 0.0355. The van der Waals surface area contributed by atoms with Gasteiger partial charge in [-0.25, -0.2) is 17.8 Å². The first-order valence-corrected chi connectivity index (χ1v) is 7.83. The molecule has 0 saturated carbocycles. The van der Waals surface area contributed by atoms with Gasteiger partial charge < -0.3 is 0 Å². The summed E-state index contributed by atoms with van der Waals surface area (Å²) in [5.41, 5.74) is 0.896. The van der Waals surface area contributed by atoms with Gasteiger partial charge in [-0.2, -0.15) is 10.1 Å². The molecule has 2 rings (SSSR count). The number of nitrogens with zero attached hydrogens (tertiary/aromatic N) is 3. The van der Waals surface area contributed by atoms with Crippen molar-refractivity contribution in [1.82, 2.24) is 14.8 Å². The van der Waals surface area contributed by atoms with Crippen LogP contribution >= 0.6 is 11.6 Å². The van der Waals surface area contributed by atoms with E-state index < -0.39 is 10.0 Å². The van der Waals surface area contributed by atoms with Gasteiger partial charge >= 0.3 is 0 Å². The van der Waals surface area contributed by atoms with Crippen molar-refractivity contribution in [1.29, 1.82) is 0 Å². The molecule has 0 aliphatic heterocycles. The molecule has 108 valence electrons. The Morgan fingerprint density at radius 2 is 2.05 bits per heavy atom. The zero-order valence-electron chi connectivity index (χ0n) is 11.3. The average molecular weight is 315 g/mol. The second-order valence-corrected chi connectivity index (χ2v) is 6.72. The number of aryl methyl sites for hydroxylation is 1. The third-order valence-corrected chi connectivity index (χ3v) is 4.66. The molecule has 0 radical (unpaired) electrons. The summed E-state index contributed by atoms with van der Waals surface area (Å²) in [6.45, 7) is 3.96. The Kier molecular flexibility index (Phi) is 4.01. The molecule has 1 heterocycles. The van der Waals surface area contributed by atoms with Gasteiger partial charge in [0.25, 0.3) is 10.0 Å². The second kappa shape index (κ2) is 5.41. The molecular weight excluding hydrogens is 300 g/mol. The fourth-order valence-corrected chi connectivity index (χ4v) is 3.22. The summed E-state index contributed by atoms with van der Waals surface area (Å²) in [7, 11) is -2.20. The maximum absolute atomic E-state index is 12.4. The van der Waals surface area contributed by atoms with E-state index >= 15 is 0 Å². The highest BCUT2D eigenvalue weighted by atomic mass is 35.5. The summed E-state index contributed by atoms with van der Waals surface area (Å²) in [5, 5.41) is 3.98. The lowest BCUT2D eigenvalue weighted by atomic mass is 10.0. The predicted octanol–water partition coefficient (Wildman–Crippen LogP) is 2.39. The van der Waals surface area contributed by atoms with Crippen LogP contribution in [0, 0.1) is 0 Å². The summed E-state index contributed by atoms with van der Waals surface area (Å²) in [6.07, 6.45) is 1.27. The number of sulfonamides is 1. The Labute approximate surface area is 122 Å². The summed E-state index contributed by atoms with van der Waals surface area (Å²) in [6, 6.07) is 4.97. The maximum Gasteiger partial charge on any atom is 0.265 e. The number of nitrogens with one attached hydrogen (secondary N) is 1. The predicted molar refractivity (Wildman–Crippen MR) is 77.4 cm³/mol. The fourth-order valence-electron chi connectivity index (χ4n) is 1.65. The quantitative estimate of drug-likeness (QED) is 0.940. The van der Waals surface area contributed by atoms with Crippen LogP contribution in [0.4, 0.5) is 5.95 Å². The molecule has 6 nitrogen and oxygen atoms in total. The molecule has 1 aromatic heterocycles. The van der Waals surface area contributed by atoms with E-state index in [2.05, 4.69) is 14.8 Å². The van der Waals surface area contributed by atoms with Gasteiger partial charge in [-0.1, -0.05) is 31.5 Å². The topological polar surface area (TPSA) is 76.9 Å². The SMILES string of the molecule is CC(C)c1ccc(Cl)c(S(=O)(=O)Nc2ncnn2C)c1. The van der Waals surface area contributed by atoms with Crippen LogP contribution in [0.15, 0.2) is 29.4 Å². The van der Waals surface area contributed by atoms with E-state index in [0.29, 0.717) is 0 Å². The van der Waals surface area contributed by atoms with Gasteiger partial charge in [0.2, 0.25) is 5.95 Å². The standard InChI is InChI=1S/C12H15ClN4O2S/c1-8(2)9-4-5-10(13)11(6-9)20(18,19)16-12-14-7-15-17(12)3/h4-8H,1-3H3,(H,14,15,16). The highest BCUT2D eigenvalue weighted by Crippen LogP contribution is 2.27. The first-order valence-electron chi connectivity index (χ1n) is 5.97. The summed E-state index contributed by atoms with van der Waals surface area (Å²) < 4.78 is 28.4. The number of hydrogen-bond donors (Lipinski definition) is 1. The fraction of sp³-hybridized carbons (Fsp3) is 0.333. The third kappa shape index (κ3) is 2.94. The molecule has 0 atom stereocenters. The smallest absolute Gasteiger partial charge is 0.247 e. The molecule has 20 heavy (non-hydrogen) atoms. The summed E-state index contributed by atoms with van der Waals surface area (Å²) >= 11 is 6.00. The van der Waals surface area contributed by atoms with E-state index in [1.54, 1.807) is 19.2 Å². The van der Waals surface area contributed by atoms with Gasteiger partial charge in [-0.05, 0) is 23.6 Å². The first kappa shape index (κ1) is 14.8. The van der Waals surface area contributed by atoms with Gasteiger partial charge in [0.1, 0.15) is 11.2 Å². The number of hydrogen-bond acceptors (Lipinski definition) is 4. The van der Waals surface area contributed by atoms with Crippen molar-refractivity contribution in [3.05, 3.63) is 35.1 Å². The number of anilines is 1. The minimum atomic E-state index is -3.80. The molecule has 0 unspecified atom stereocenters. The highest BCUT2D eigenvalue weighted by molar-refractivity contribution is 7.92. The van der Waals surface area contributed by atoms with Gasteiger partial charge in [0.15, 0.2) is 0 Å². The number of rotatable bonds is 4. The van der Waals surface area contributed by atoms with Crippen molar-refractivity contribution in [2.24, 2.45) is 7.05 Å². The van der Waals surface area contributed by atoms with Gasteiger partial charge in [0, 0.05) is 7.05 Å². The monoisotopic (exact) mass is 314 g/mol. The zero-order valence-corrected chi connectivity index (χ0v) is 12.9. The van der Waals surface area contributed by atoms with Crippen LogP contribution in [-0.4, -0.2) is 23.2 Å².